The Morgan fingerprint density at radius 3 is 2.56 bits per heavy atom. The molecule has 0 fully saturated rings. The highest BCUT2D eigenvalue weighted by atomic mass is 16.5. The fourth-order valence-electron chi connectivity index (χ4n) is 1.45. The van der Waals surface area contributed by atoms with Crippen molar-refractivity contribution < 1.29 is 13.9 Å². The minimum atomic E-state index is 0.0799. The second-order valence-corrected chi connectivity index (χ2v) is 5.55. The Morgan fingerprint density at radius 2 is 1.94 bits per heavy atom. The minimum Gasteiger partial charge on any atom is -0.462 e. The number of furan rings is 1. The third-order valence-corrected chi connectivity index (χ3v) is 2.42. The molecule has 1 rings (SSSR count). The van der Waals surface area contributed by atoms with E-state index in [2.05, 4.69) is 26.1 Å². The van der Waals surface area contributed by atoms with Gasteiger partial charge in [0.25, 0.3) is 0 Å². The molecule has 104 valence electrons. The second kappa shape index (κ2) is 6.92. The molecule has 0 radical (unpaired) electrons. The van der Waals surface area contributed by atoms with E-state index in [0.29, 0.717) is 13.2 Å². The Hall–Kier alpha value is -0.840. The van der Waals surface area contributed by atoms with Gasteiger partial charge in [-0.15, -0.1) is 0 Å². The third kappa shape index (κ3) is 6.19. The van der Waals surface area contributed by atoms with E-state index in [1.54, 1.807) is 7.11 Å². The van der Waals surface area contributed by atoms with Gasteiger partial charge in [-0.25, -0.2) is 0 Å². The van der Waals surface area contributed by atoms with Crippen molar-refractivity contribution in [1.29, 1.82) is 0 Å². The normalized spacial score (nSPS) is 13.8. The lowest BCUT2D eigenvalue weighted by Crippen LogP contribution is -2.34. The van der Waals surface area contributed by atoms with Gasteiger partial charge in [0.05, 0.1) is 19.3 Å². The van der Waals surface area contributed by atoms with Gasteiger partial charge in [0.2, 0.25) is 0 Å². The standard InChI is InChI=1S/C14H25NO3/c1-11(9-16-5)17-10-13-7-6-12(18-13)8-15-14(2,3)4/h6-7,11,15H,8-10H2,1-5H3. The van der Waals surface area contributed by atoms with Crippen molar-refractivity contribution in [2.24, 2.45) is 0 Å². The van der Waals surface area contributed by atoms with Crippen molar-refractivity contribution in [3.05, 3.63) is 23.7 Å². The van der Waals surface area contributed by atoms with Gasteiger partial charge in [0.15, 0.2) is 0 Å². The van der Waals surface area contributed by atoms with Crippen LogP contribution < -0.4 is 5.32 Å². The quantitative estimate of drug-likeness (QED) is 0.813. The summed E-state index contributed by atoms with van der Waals surface area (Å²) in [7, 11) is 1.67. The fraction of sp³-hybridized carbons (Fsp3) is 0.714. The molecule has 0 aliphatic carbocycles. The number of rotatable bonds is 7. The summed E-state index contributed by atoms with van der Waals surface area (Å²) in [5.74, 6) is 1.78. The molecule has 0 saturated carbocycles. The first-order valence-electron chi connectivity index (χ1n) is 6.34. The average molecular weight is 255 g/mol. The molecule has 0 aliphatic heterocycles. The van der Waals surface area contributed by atoms with Gasteiger partial charge in [0, 0.05) is 12.6 Å². The molecule has 1 atom stereocenters. The van der Waals surface area contributed by atoms with E-state index in [-0.39, 0.29) is 11.6 Å². The maximum Gasteiger partial charge on any atom is 0.129 e. The van der Waals surface area contributed by atoms with E-state index < -0.39 is 0 Å². The van der Waals surface area contributed by atoms with Crippen LogP contribution in [0.25, 0.3) is 0 Å². The molecule has 1 N–H and O–H groups in total. The van der Waals surface area contributed by atoms with E-state index in [1.807, 2.05) is 19.1 Å². The number of ether oxygens (including phenoxy) is 2. The lowest BCUT2D eigenvalue weighted by molar-refractivity contribution is -0.00667. The Balaban J connectivity index is 2.34. The van der Waals surface area contributed by atoms with E-state index in [1.165, 1.54) is 0 Å². The first-order valence-corrected chi connectivity index (χ1v) is 6.34. The zero-order chi connectivity index (χ0) is 13.6. The summed E-state index contributed by atoms with van der Waals surface area (Å²) in [5, 5.41) is 3.38. The zero-order valence-corrected chi connectivity index (χ0v) is 12.1. The van der Waals surface area contributed by atoms with E-state index in [4.69, 9.17) is 13.9 Å². The molecule has 0 saturated heterocycles. The SMILES string of the molecule is COCC(C)OCc1ccc(CNC(C)(C)C)o1. The van der Waals surface area contributed by atoms with Crippen molar-refractivity contribution in [3.8, 4) is 0 Å². The van der Waals surface area contributed by atoms with Crippen LogP contribution in [0.2, 0.25) is 0 Å². The van der Waals surface area contributed by atoms with E-state index in [9.17, 15) is 0 Å². The van der Waals surface area contributed by atoms with Crippen LogP contribution in [0.1, 0.15) is 39.2 Å². The van der Waals surface area contributed by atoms with E-state index in [0.717, 1.165) is 18.1 Å². The van der Waals surface area contributed by atoms with Gasteiger partial charge in [0.1, 0.15) is 18.1 Å². The predicted molar refractivity (Wildman–Crippen MR) is 71.4 cm³/mol. The highest BCUT2D eigenvalue weighted by Gasteiger charge is 2.10. The molecule has 0 amide bonds. The molecule has 0 aromatic carbocycles. The molecule has 0 bridgehead atoms. The van der Waals surface area contributed by atoms with Crippen LogP contribution in [-0.2, 0) is 22.6 Å². The fourth-order valence-corrected chi connectivity index (χ4v) is 1.45. The Kier molecular flexibility index (Phi) is 5.85. The monoisotopic (exact) mass is 255 g/mol. The van der Waals surface area contributed by atoms with Gasteiger partial charge in [-0.05, 0) is 39.8 Å². The molecule has 1 aromatic heterocycles. The maximum absolute atomic E-state index is 5.68. The van der Waals surface area contributed by atoms with Gasteiger partial charge >= 0.3 is 0 Å². The number of hydrogen-bond acceptors (Lipinski definition) is 4. The molecule has 1 aromatic rings. The molecule has 18 heavy (non-hydrogen) atoms. The summed E-state index contributed by atoms with van der Waals surface area (Å²) < 4.78 is 16.3. The topological polar surface area (TPSA) is 43.6 Å². The highest BCUT2D eigenvalue weighted by molar-refractivity contribution is 5.06. The second-order valence-electron chi connectivity index (χ2n) is 5.55. The van der Waals surface area contributed by atoms with Crippen LogP contribution >= 0.6 is 0 Å². The summed E-state index contributed by atoms with van der Waals surface area (Å²) >= 11 is 0. The molecular weight excluding hydrogens is 230 g/mol. The first-order chi connectivity index (χ1) is 8.40. The van der Waals surface area contributed by atoms with Crippen LogP contribution in [-0.4, -0.2) is 25.4 Å². The number of nitrogens with one attached hydrogen (secondary N) is 1. The van der Waals surface area contributed by atoms with Gasteiger partial charge in [-0.3, -0.25) is 0 Å². The summed E-state index contributed by atoms with van der Waals surface area (Å²) in [5.41, 5.74) is 0.0937. The lowest BCUT2D eigenvalue weighted by atomic mass is 10.1. The minimum absolute atomic E-state index is 0.0799. The molecule has 0 aliphatic rings. The van der Waals surface area contributed by atoms with Crippen LogP contribution in [0, 0.1) is 0 Å². The van der Waals surface area contributed by atoms with Gasteiger partial charge in [-0.1, -0.05) is 0 Å². The largest absolute Gasteiger partial charge is 0.462 e. The van der Waals surface area contributed by atoms with Crippen LogP contribution in [0.4, 0.5) is 0 Å². The Morgan fingerprint density at radius 1 is 1.28 bits per heavy atom. The third-order valence-electron chi connectivity index (χ3n) is 2.42. The summed E-state index contributed by atoms with van der Waals surface area (Å²) in [6.45, 7) is 10.2. The highest BCUT2D eigenvalue weighted by Crippen LogP contribution is 2.11. The molecule has 0 spiro atoms. The summed E-state index contributed by atoms with van der Waals surface area (Å²) in [6, 6.07) is 3.94. The van der Waals surface area contributed by atoms with Crippen molar-refractivity contribution in [2.75, 3.05) is 13.7 Å². The van der Waals surface area contributed by atoms with Crippen LogP contribution in [0.5, 0.6) is 0 Å². The summed E-state index contributed by atoms with van der Waals surface area (Å²) in [6.07, 6.45) is 0.0799. The predicted octanol–water partition coefficient (Wildman–Crippen LogP) is 2.72. The zero-order valence-electron chi connectivity index (χ0n) is 12.1. The van der Waals surface area contributed by atoms with Crippen molar-refractivity contribution in [3.63, 3.8) is 0 Å². The molecule has 1 heterocycles. The molecule has 4 nitrogen and oxygen atoms in total. The van der Waals surface area contributed by atoms with Crippen LogP contribution in [0.15, 0.2) is 16.5 Å². The van der Waals surface area contributed by atoms with Crippen LogP contribution in [0.3, 0.4) is 0 Å². The first kappa shape index (κ1) is 15.2. The summed E-state index contributed by atoms with van der Waals surface area (Å²) in [4.78, 5) is 0. The lowest BCUT2D eigenvalue weighted by Gasteiger charge is -2.19. The van der Waals surface area contributed by atoms with E-state index >= 15 is 0 Å². The Bertz CT molecular complexity index is 341. The van der Waals surface area contributed by atoms with Gasteiger partial charge in [-0.2, -0.15) is 0 Å². The average Bonchev–Trinajstić information content (AvgIpc) is 2.71. The molecule has 1 unspecified atom stereocenters. The molecular formula is C14H25NO3. The van der Waals surface area contributed by atoms with Crippen molar-refractivity contribution in [1.82, 2.24) is 5.32 Å². The number of methoxy groups -OCH3 is 1. The Labute approximate surface area is 110 Å². The maximum atomic E-state index is 5.68. The van der Waals surface area contributed by atoms with Crippen molar-refractivity contribution >= 4 is 0 Å². The number of hydrogen-bond donors (Lipinski definition) is 1. The van der Waals surface area contributed by atoms with Gasteiger partial charge < -0.3 is 19.2 Å². The van der Waals surface area contributed by atoms with Crippen molar-refractivity contribution in [2.45, 2.75) is 52.5 Å². The smallest absolute Gasteiger partial charge is 0.129 e. The molecule has 4 heteroatoms.